The minimum absolute atomic E-state index is 0.287. The Morgan fingerprint density at radius 1 is 1.88 bits per heavy atom. The molecule has 1 N–H and O–H groups in total. The van der Waals surface area contributed by atoms with E-state index in [2.05, 4.69) is 0 Å². The van der Waals surface area contributed by atoms with E-state index in [0.717, 1.165) is 5.57 Å². The van der Waals surface area contributed by atoms with Gasteiger partial charge in [-0.2, -0.15) is 5.26 Å². The molecule has 1 aliphatic rings. The summed E-state index contributed by atoms with van der Waals surface area (Å²) in [5.74, 6) is 0. The molecule has 0 unspecified atom stereocenters. The second kappa shape index (κ2) is 1.97. The predicted octanol–water partition coefficient (Wildman–Crippen LogP) is 0.591. The molecule has 1 aliphatic carbocycles. The average molecular weight is 109 g/mol. The van der Waals surface area contributed by atoms with Gasteiger partial charge in [0.25, 0.3) is 0 Å². The van der Waals surface area contributed by atoms with Crippen molar-refractivity contribution in [3.63, 3.8) is 0 Å². The number of hydrogen-bond donors (Lipinski definition) is 1. The number of aliphatic hydroxyl groups is 1. The van der Waals surface area contributed by atoms with Crippen LogP contribution in [0, 0.1) is 11.3 Å². The van der Waals surface area contributed by atoms with Crippen molar-refractivity contribution in [1.29, 1.82) is 5.26 Å². The van der Waals surface area contributed by atoms with Gasteiger partial charge in [-0.05, 0) is 6.42 Å². The van der Waals surface area contributed by atoms with Gasteiger partial charge >= 0.3 is 0 Å². The van der Waals surface area contributed by atoms with Gasteiger partial charge in [-0.3, -0.25) is 0 Å². The highest BCUT2D eigenvalue weighted by Crippen LogP contribution is 2.16. The molecule has 0 fully saturated rings. The fourth-order valence-corrected chi connectivity index (χ4v) is 0.790. The molecule has 1 atom stereocenters. The van der Waals surface area contributed by atoms with Crippen LogP contribution in [0.2, 0.25) is 0 Å². The van der Waals surface area contributed by atoms with Crippen LogP contribution >= 0.6 is 0 Å². The molecule has 0 heterocycles. The molecule has 0 saturated heterocycles. The molecule has 0 aromatic heterocycles. The molecule has 0 bridgehead atoms. The van der Waals surface area contributed by atoms with Crippen molar-refractivity contribution in [2.24, 2.45) is 0 Å². The number of rotatable bonds is 0. The smallest absolute Gasteiger partial charge is 0.0944 e. The summed E-state index contributed by atoms with van der Waals surface area (Å²) in [4.78, 5) is 0. The molecule has 8 heavy (non-hydrogen) atoms. The van der Waals surface area contributed by atoms with E-state index in [0.29, 0.717) is 12.8 Å². The van der Waals surface area contributed by atoms with Crippen molar-refractivity contribution in [2.45, 2.75) is 18.9 Å². The molecule has 42 valence electrons. The number of nitriles is 1. The van der Waals surface area contributed by atoms with Gasteiger partial charge in [0.05, 0.1) is 12.2 Å². The van der Waals surface area contributed by atoms with Crippen LogP contribution in [-0.4, -0.2) is 11.2 Å². The number of aliphatic hydroxyl groups excluding tert-OH is 1. The van der Waals surface area contributed by atoms with Gasteiger partial charge in [0, 0.05) is 12.0 Å². The van der Waals surface area contributed by atoms with Gasteiger partial charge in [-0.1, -0.05) is 6.08 Å². The minimum atomic E-state index is -0.287. The van der Waals surface area contributed by atoms with Crippen LogP contribution in [0.3, 0.4) is 0 Å². The number of nitrogens with zero attached hydrogens (tertiary/aromatic N) is 1. The molecule has 0 amide bonds. The minimum Gasteiger partial charge on any atom is -0.392 e. The molecule has 1 rings (SSSR count). The first kappa shape index (κ1) is 5.33. The fourth-order valence-electron chi connectivity index (χ4n) is 0.790. The summed E-state index contributed by atoms with van der Waals surface area (Å²) >= 11 is 0. The Labute approximate surface area is 48.1 Å². The maximum absolute atomic E-state index is 8.83. The Morgan fingerprint density at radius 3 is 2.88 bits per heavy atom. The van der Waals surface area contributed by atoms with E-state index in [1.807, 2.05) is 6.07 Å². The molecule has 0 spiro atoms. The highest BCUT2D eigenvalue weighted by atomic mass is 16.3. The van der Waals surface area contributed by atoms with Crippen molar-refractivity contribution in [2.75, 3.05) is 0 Å². The molecular formula is C6H7NO. The van der Waals surface area contributed by atoms with E-state index < -0.39 is 0 Å². The van der Waals surface area contributed by atoms with E-state index in [9.17, 15) is 0 Å². The van der Waals surface area contributed by atoms with Gasteiger partial charge in [0.15, 0.2) is 0 Å². The predicted molar refractivity (Wildman–Crippen MR) is 28.9 cm³/mol. The Hall–Kier alpha value is -0.810. The molecule has 0 saturated carbocycles. The van der Waals surface area contributed by atoms with Crippen LogP contribution < -0.4 is 0 Å². The van der Waals surface area contributed by atoms with Gasteiger partial charge in [-0.25, -0.2) is 0 Å². The van der Waals surface area contributed by atoms with Crippen LogP contribution in [0.4, 0.5) is 0 Å². The Balaban J connectivity index is 2.53. The van der Waals surface area contributed by atoms with Crippen molar-refractivity contribution < 1.29 is 5.11 Å². The highest BCUT2D eigenvalue weighted by molar-refractivity contribution is 5.25. The van der Waals surface area contributed by atoms with Crippen LogP contribution in [0.5, 0.6) is 0 Å². The summed E-state index contributed by atoms with van der Waals surface area (Å²) in [5.41, 5.74) is 0.720. The lowest BCUT2D eigenvalue weighted by molar-refractivity contribution is 0.188. The quantitative estimate of drug-likeness (QED) is 0.494. The third kappa shape index (κ3) is 0.877. The van der Waals surface area contributed by atoms with E-state index in [1.54, 1.807) is 6.08 Å². The first-order valence-corrected chi connectivity index (χ1v) is 2.60. The normalized spacial score (nSPS) is 27.0. The molecule has 0 aromatic rings. The van der Waals surface area contributed by atoms with Crippen molar-refractivity contribution in [3.05, 3.63) is 11.6 Å². The van der Waals surface area contributed by atoms with Gasteiger partial charge < -0.3 is 5.11 Å². The lowest BCUT2D eigenvalue weighted by atomic mass is 10.2. The van der Waals surface area contributed by atoms with E-state index in [-0.39, 0.29) is 6.10 Å². The molecule has 0 radical (unpaired) electrons. The Morgan fingerprint density at radius 2 is 2.62 bits per heavy atom. The maximum atomic E-state index is 8.83. The van der Waals surface area contributed by atoms with E-state index in [1.165, 1.54) is 0 Å². The summed E-state index contributed by atoms with van der Waals surface area (Å²) in [6.45, 7) is 0. The zero-order valence-corrected chi connectivity index (χ0v) is 4.46. The summed E-state index contributed by atoms with van der Waals surface area (Å²) in [7, 11) is 0. The summed E-state index contributed by atoms with van der Waals surface area (Å²) < 4.78 is 0. The SMILES string of the molecule is N#CC1=CC[C@@H](O)C1. The summed E-state index contributed by atoms with van der Waals surface area (Å²) in [6, 6.07) is 2.00. The Bertz CT molecular complexity index is 154. The Kier molecular flexibility index (Phi) is 1.32. The van der Waals surface area contributed by atoms with E-state index in [4.69, 9.17) is 10.4 Å². The largest absolute Gasteiger partial charge is 0.392 e. The topological polar surface area (TPSA) is 44.0 Å². The van der Waals surface area contributed by atoms with Gasteiger partial charge in [-0.15, -0.1) is 0 Å². The van der Waals surface area contributed by atoms with Crippen LogP contribution in [0.15, 0.2) is 11.6 Å². The molecule has 2 heteroatoms. The third-order valence-corrected chi connectivity index (χ3v) is 1.24. The molecular weight excluding hydrogens is 102 g/mol. The van der Waals surface area contributed by atoms with E-state index >= 15 is 0 Å². The second-order valence-electron chi connectivity index (χ2n) is 1.93. The highest BCUT2D eigenvalue weighted by Gasteiger charge is 2.12. The molecule has 0 aromatic carbocycles. The summed E-state index contributed by atoms with van der Waals surface area (Å²) in [5, 5.41) is 17.1. The average Bonchev–Trinajstić information content (AvgIpc) is 2.14. The second-order valence-corrected chi connectivity index (χ2v) is 1.93. The first-order valence-electron chi connectivity index (χ1n) is 2.60. The zero-order chi connectivity index (χ0) is 5.98. The van der Waals surface area contributed by atoms with Crippen LogP contribution in [0.1, 0.15) is 12.8 Å². The van der Waals surface area contributed by atoms with Gasteiger partial charge in [0.1, 0.15) is 0 Å². The molecule has 0 aliphatic heterocycles. The lowest BCUT2D eigenvalue weighted by Gasteiger charge is -1.93. The van der Waals surface area contributed by atoms with Crippen molar-refractivity contribution in [3.8, 4) is 6.07 Å². The zero-order valence-electron chi connectivity index (χ0n) is 4.46. The van der Waals surface area contributed by atoms with Crippen molar-refractivity contribution in [1.82, 2.24) is 0 Å². The third-order valence-electron chi connectivity index (χ3n) is 1.24. The van der Waals surface area contributed by atoms with Crippen molar-refractivity contribution >= 4 is 0 Å². The fraction of sp³-hybridized carbons (Fsp3) is 0.500. The van der Waals surface area contributed by atoms with Crippen LogP contribution in [0.25, 0.3) is 0 Å². The monoisotopic (exact) mass is 109 g/mol. The standard InChI is InChI=1S/C6H7NO/c7-4-5-1-2-6(8)3-5/h1,6,8H,2-3H2/t6-/m1/s1. The molecule has 2 nitrogen and oxygen atoms in total. The first-order chi connectivity index (χ1) is 3.83. The number of hydrogen-bond acceptors (Lipinski definition) is 2. The summed E-state index contributed by atoms with van der Waals surface area (Å²) in [6.07, 6.45) is 2.70. The maximum Gasteiger partial charge on any atom is 0.0944 e. The lowest BCUT2D eigenvalue weighted by Crippen LogP contribution is -1.97. The van der Waals surface area contributed by atoms with Crippen LogP contribution in [-0.2, 0) is 0 Å². The van der Waals surface area contributed by atoms with Gasteiger partial charge in [0.2, 0.25) is 0 Å².